The molecular weight excluding hydrogens is 308 g/mol. The summed E-state index contributed by atoms with van der Waals surface area (Å²) in [7, 11) is 0. The van der Waals surface area contributed by atoms with Crippen molar-refractivity contribution in [1.82, 2.24) is 0 Å². The van der Waals surface area contributed by atoms with Crippen LogP contribution in [0, 0.1) is 5.41 Å². The molecule has 154 valence electrons. The molecule has 0 aromatic heterocycles. The van der Waals surface area contributed by atoms with Gasteiger partial charge < -0.3 is 22.9 Å². The SMILES string of the molecule is CC(C)(CCCN)CCCN.CC(N)CCCCCCCCC(C)N. The van der Waals surface area contributed by atoms with Crippen molar-refractivity contribution in [2.75, 3.05) is 13.1 Å². The predicted molar refractivity (Wildman–Crippen MR) is 115 cm³/mol. The fourth-order valence-electron chi connectivity index (χ4n) is 2.93. The molecule has 2 unspecified atom stereocenters. The topological polar surface area (TPSA) is 104 Å². The summed E-state index contributed by atoms with van der Waals surface area (Å²) in [6.07, 6.45) is 15.1. The smallest absolute Gasteiger partial charge is 0.00104 e. The lowest BCUT2D eigenvalue weighted by Gasteiger charge is -2.23. The monoisotopic (exact) mass is 358 g/mol. The van der Waals surface area contributed by atoms with Gasteiger partial charge in [0.2, 0.25) is 0 Å². The van der Waals surface area contributed by atoms with Crippen LogP contribution in [0.3, 0.4) is 0 Å². The van der Waals surface area contributed by atoms with E-state index in [4.69, 9.17) is 22.9 Å². The molecule has 0 saturated carbocycles. The van der Waals surface area contributed by atoms with E-state index < -0.39 is 0 Å². The third-order valence-corrected chi connectivity index (χ3v) is 4.68. The molecule has 0 spiro atoms. The van der Waals surface area contributed by atoms with Crippen molar-refractivity contribution in [3.05, 3.63) is 0 Å². The van der Waals surface area contributed by atoms with E-state index >= 15 is 0 Å². The Hall–Kier alpha value is -0.160. The van der Waals surface area contributed by atoms with Gasteiger partial charge in [0, 0.05) is 12.1 Å². The molecular formula is C21H50N4. The van der Waals surface area contributed by atoms with E-state index in [0.717, 1.165) is 25.9 Å². The first-order valence-corrected chi connectivity index (χ1v) is 10.7. The first-order chi connectivity index (χ1) is 11.7. The molecule has 0 aliphatic rings. The molecule has 0 aliphatic carbocycles. The second-order valence-corrected chi connectivity index (χ2v) is 8.60. The van der Waals surface area contributed by atoms with Gasteiger partial charge in [0.1, 0.15) is 0 Å². The lowest BCUT2D eigenvalue weighted by atomic mass is 9.83. The molecule has 2 atom stereocenters. The lowest BCUT2D eigenvalue weighted by molar-refractivity contribution is 0.295. The van der Waals surface area contributed by atoms with Gasteiger partial charge in [0.05, 0.1) is 0 Å². The molecule has 0 bridgehead atoms. The van der Waals surface area contributed by atoms with Crippen molar-refractivity contribution in [3.63, 3.8) is 0 Å². The largest absolute Gasteiger partial charge is 0.330 e. The lowest BCUT2D eigenvalue weighted by Crippen LogP contribution is -2.15. The number of unbranched alkanes of at least 4 members (excludes halogenated alkanes) is 5. The minimum atomic E-state index is 0.382. The summed E-state index contributed by atoms with van der Waals surface area (Å²) in [5, 5.41) is 0. The Morgan fingerprint density at radius 2 is 0.920 bits per heavy atom. The average Bonchev–Trinajstić information content (AvgIpc) is 2.54. The highest BCUT2D eigenvalue weighted by atomic mass is 14.6. The van der Waals surface area contributed by atoms with Gasteiger partial charge in [0.15, 0.2) is 0 Å². The van der Waals surface area contributed by atoms with Gasteiger partial charge in [0.25, 0.3) is 0 Å². The van der Waals surface area contributed by atoms with Gasteiger partial charge in [-0.3, -0.25) is 0 Å². The van der Waals surface area contributed by atoms with Crippen LogP contribution >= 0.6 is 0 Å². The quantitative estimate of drug-likeness (QED) is 0.328. The summed E-state index contributed by atoms with van der Waals surface area (Å²) in [4.78, 5) is 0. The molecule has 0 rings (SSSR count). The molecule has 4 nitrogen and oxygen atoms in total. The zero-order valence-corrected chi connectivity index (χ0v) is 17.9. The van der Waals surface area contributed by atoms with Crippen molar-refractivity contribution in [2.24, 2.45) is 28.3 Å². The van der Waals surface area contributed by atoms with Crippen LogP contribution in [0.15, 0.2) is 0 Å². The highest BCUT2D eigenvalue weighted by molar-refractivity contribution is 4.68. The average molecular weight is 359 g/mol. The number of rotatable bonds is 15. The minimum absolute atomic E-state index is 0.382. The molecule has 0 fully saturated rings. The summed E-state index contributed by atoms with van der Waals surface area (Å²) in [5.74, 6) is 0. The van der Waals surface area contributed by atoms with Gasteiger partial charge in [-0.05, 0) is 70.9 Å². The summed E-state index contributed by atoms with van der Waals surface area (Å²) >= 11 is 0. The van der Waals surface area contributed by atoms with Crippen molar-refractivity contribution in [2.45, 2.75) is 117 Å². The van der Waals surface area contributed by atoms with E-state index in [1.807, 2.05) is 0 Å². The second kappa shape index (κ2) is 18.6. The zero-order valence-electron chi connectivity index (χ0n) is 17.9. The van der Waals surface area contributed by atoms with Gasteiger partial charge in [-0.15, -0.1) is 0 Å². The fraction of sp³-hybridized carbons (Fsp3) is 1.00. The Balaban J connectivity index is 0. The molecule has 0 aromatic carbocycles. The van der Waals surface area contributed by atoms with Crippen molar-refractivity contribution in [1.29, 1.82) is 0 Å². The Kier molecular flexibility index (Phi) is 20.2. The number of nitrogens with two attached hydrogens (primary N) is 4. The minimum Gasteiger partial charge on any atom is -0.330 e. The summed E-state index contributed by atoms with van der Waals surface area (Å²) in [6.45, 7) is 10.4. The Bertz CT molecular complexity index is 228. The molecule has 0 aliphatic heterocycles. The van der Waals surface area contributed by atoms with Crippen LogP contribution in [0.1, 0.15) is 105 Å². The maximum atomic E-state index is 5.67. The standard InChI is InChI=1S/C12H28N2.C9H22N2/c1-11(13)9-7-5-3-4-6-8-10-12(2)14;1-9(2,5-3-7-10)6-4-8-11/h11-12H,3-10,13-14H2,1-2H3;3-8,10-11H2,1-2H3. The highest BCUT2D eigenvalue weighted by Crippen LogP contribution is 2.27. The fourth-order valence-corrected chi connectivity index (χ4v) is 2.93. The maximum absolute atomic E-state index is 5.67. The first kappa shape index (κ1) is 27.1. The molecule has 0 radical (unpaired) electrons. The van der Waals surface area contributed by atoms with Gasteiger partial charge in [-0.2, -0.15) is 0 Å². The van der Waals surface area contributed by atoms with Crippen LogP contribution in [-0.2, 0) is 0 Å². The zero-order chi connectivity index (χ0) is 19.6. The predicted octanol–water partition coefficient (Wildman–Crippen LogP) is 4.29. The highest BCUT2D eigenvalue weighted by Gasteiger charge is 2.15. The maximum Gasteiger partial charge on any atom is 0.00104 e. The van der Waals surface area contributed by atoms with Crippen LogP contribution in [0.25, 0.3) is 0 Å². The molecule has 0 amide bonds. The van der Waals surface area contributed by atoms with E-state index in [1.54, 1.807) is 0 Å². The molecule has 0 saturated heterocycles. The van der Waals surface area contributed by atoms with Crippen molar-refractivity contribution < 1.29 is 0 Å². The van der Waals surface area contributed by atoms with Gasteiger partial charge >= 0.3 is 0 Å². The molecule has 4 heteroatoms. The van der Waals surface area contributed by atoms with Crippen LogP contribution < -0.4 is 22.9 Å². The normalized spacial score (nSPS) is 13.9. The Morgan fingerprint density at radius 3 is 1.20 bits per heavy atom. The second-order valence-electron chi connectivity index (χ2n) is 8.60. The van der Waals surface area contributed by atoms with Crippen LogP contribution in [0.5, 0.6) is 0 Å². The number of hydrogen-bond donors (Lipinski definition) is 4. The van der Waals surface area contributed by atoms with Crippen LogP contribution in [0.2, 0.25) is 0 Å². The van der Waals surface area contributed by atoms with Crippen molar-refractivity contribution in [3.8, 4) is 0 Å². The molecule has 0 aromatic rings. The van der Waals surface area contributed by atoms with Gasteiger partial charge in [-0.25, -0.2) is 0 Å². The molecule has 8 N–H and O–H groups in total. The van der Waals surface area contributed by atoms with Crippen LogP contribution in [-0.4, -0.2) is 25.2 Å². The van der Waals surface area contributed by atoms with Crippen molar-refractivity contribution >= 4 is 0 Å². The molecule has 25 heavy (non-hydrogen) atoms. The van der Waals surface area contributed by atoms with Crippen LogP contribution in [0.4, 0.5) is 0 Å². The summed E-state index contributed by atoms with van der Waals surface area (Å²) in [6, 6.07) is 0.765. The van der Waals surface area contributed by atoms with E-state index in [0.29, 0.717) is 17.5 Å². The van der Waals surface area contributed by atoms with E-state index in [1.165, 1.54) is 64.2 Å². The van der Waals surface area contributed by atoms with E-state index in [-0.39, 0.29) is 0 Å². The van der Waals surface area contributed by atoms with E-state index in [9.17, 15) is 0 Å². The first-order valence-electron chi connectivity index (χ1n) is 10.7. The molecule has 0 heterocycles. The Morgan fingerprint density at radius 1 is 0.600 bits per heavy atom. The summed E-state index contributed by atoms with van der Waals surface area (Å²) < 4.78 is 0. The third kappa shape index (κ3) is 26.2. The Labute approximate surface area is 158 Å². The summed E-state index contributed by atoms with van der Waals surface area (Å²) in [5.41, 5.74) is 22.7. The number of hydrogen-bond acceptors (Lipinski definition) is 4. The third-order valence-electron chi connectivity index (χ3n) is 4.68. The van der Waals surface area contributed by atoms with Gasteiger partial charge in [-0.1, -0.05) is 52.4 Å². The van der Waals surface area contributed by atoms with E-state index in [2.05, 4.69) is 27.7 Å².